The molecular weight excluding hydrogens is 244 g/mol. The molecule has 19 heavy (non-hydrogen) atoms. The number of carbonyl (C=O) groups excluding carboxylic acids is 2. The summed E-state index contributed by atoms with van der Waals surface area (Å²) >= 11 is 0. The monoisotopic (exact) mass is 270 g/mol. The molecule has 5 nitrogen and oxygen atoms in total. The Balaban J connectivity index is 1.99. The van der Waals surface area contributed by atoms with Crippen LogP contribution in [-0.2, 0) is 14.3 Å². The lowest BCUT2D eigenvalue weighted by Gasteiger charge is -2.22. The van der Waals surface area contributed by atoms with Crippen molar-refractivity contribution in [3.8, 4) is 0 Å². The van der Waals surface area contributed by atoms with Crippen LogP contribution in [0.2, 0.25) is 0 Å². The maximum atomic E-state index is 11.9. The Hall–Kier alpha value is -1.10. The van der Waals surface area contributed by atoms with Crippen LogP contribution in [0.3, 0.4) is 0 Å². The van der Waals surface area contributed by atoms with E-state index in [1.165, 1.54) is 7.11 Å². The van der Waals surface area contributed by atoms with Gasteiger partial charge in [-0.1, -0.05) is 25.7 Å². The lowest BCUT2D eigenvalue weighted by Crippen LogP contribution is -2.52. The Bertz CT molecular complexity index is 299. The number of hydrogen-bond acceptors (Lipinski definition) is 4. The fraction of sp³-hybridized carbons (Fsp3) is 0.857. The average molecular weight is 270 g/mol. The Morgan fingerprint density at radius 1 is 1.16 bits per heavy atom. The van der Waals surface area contributed by atoms with Gasteiger partial charge in [-0.2, -0.15) is 0 Å². The summed E-state index contributed by atoms with van der Waals surface area (Å²) in [6.45, 7) is 0.677. The van der Waals surface area contributed by atoms with E-state index in [-0.39, 0.29) is 11.9 Å². The summed E-state index contributed by atoms with van der Waals surface area (Å²) in [7, 11) is 1.41. The van der Waals surface area contributed by atoms with Crippen molar-refractivity contribution in [1.29, 1.82) is 0 Å². The van der Waals surface area contributed by atoms with E-state index in [1.54, 1.807) is 0 Å². The van der Waals surface area contributed by atoms with Gasteiger partial charge in [0.05, 0.1) is 12.6 Å². The van der Waals surface area contributed by atoms with Crippen LogP contribution < -0.4 is 11.1 Å². The van der Waals surface area contributed by atoms with E-state index in [4.69, 9.17) is 5.73 Å². The third-order valence-electron chi connectivity index (χ3n) is 3.77. The van der Waals surface area contributed by atoms with E-state index < -0.39 is 5.54 Å². The highest BCUT2D eigenvalue weighted by Gasteiger charge is 2.36. The number of rotatable bonds is 8. The molecular formula is C14H26N2O3. The molecule has 0 aromatic carbocycles. The highest BCUT2D eigenvalue weighted by atomic mass is 16.5. The highest BCUT2D eigenvalue weighted by molar-refractivity contribution is 5.86. The SMILES string of the molecule is COC(=O)CCCCCCNC(=O)C1(N)CCCC1. The number of carbonyl (C=O) groups is 2. The molecule has 0 atom stereocenters. The first-order valence-corrected chi connectivity index (χ1v) is 7.22. The minimum absolute atomic E-state index is 0.000407. The molecule has 1 aliphatic rings. The van der Waals surface area contributed by atoms with Crippen molar-refractivity contribution < 1.29 is 14.3 Å². The van der Waals surface area contributed by atoms with E-state index in [2.05, 4.69) is 10.1 Å². The summed E-state index contributed by atoms with van der Waals surface area (Å²) in [5.74, 6) is -0.154. The Kier molecular flexibility index (Phi) is 6.84. The minimum atomic E-state index is -0.620. The molecule has 0 spiro atoms. The predicted octanol–water partition coefficient (Wildman–Crippen LogP) is 1.50. The van der Waals surface area contributed by atoms with Crippen molar-refractivity contribution >= 4 is 11.9 Å². The molecule has 1 saturated carbocycles. The van der Waals surface area contributed by atoms with Gasteiger partial charge in [-0.25, -0.2) is 0 Å². The van der Waals surface area contributed by atoms with Crippen LogP contribution in [0.5, 0.6) is 0 Å². The quantitative estimate of drug-likeness (QED) is 0.517. The molecule has 1 amide bonds. The van der Waals surface area contributed by atoms with E-state index >= 15 is 0 Å². The van der Waals surface area contributed by atoms with Crippen molar-refractivity contribution in [2.75, 3.05) is 13.7 Å². The molecule has 0 aromatic heterocycles. The van der Waals surface area contributed by atoms with Crippen LogP contribution in [0, 0.1) is 0 Å². The van der Waals surface area contributed by atoms with E-state index in [0.717, 1.165) is 51.4 Å². The van der Waals surface area contributed by atoms with Crippen molar-refractivity contribution in [1.82, 2.24) is 5.32 Å². The van der Waals surface area contributed by atoms with E-state index in [0.29, 0.717) is 13.0 Å². The molecule has 0 radical (unpaired) electrons. The fourth-order valence-electron chi connectivity index (χ4n) is 2.46. The zero-order chi connectivity index (χ0) is 14.1. The Morgan fingerprint density at radius 2 is 1.79 bits per heavy atom. The van der Waals surface area contributed by atoms with Crippen molar-refractivity contribution in [2.45, 2.75) is 63.3 Å². The molecule has 0 aliphatic heterocycles. The second-order valence-electron chi connectivity index (χ2n) is 5.36. The van der Waals surface area contributed by atoms with Crippen molar-refractivity contribution in [2.24, 2.45) is 5.73 Å². The van der Waals surface area contributed by atoms with Crippen LogP contribution in [-0.4, -0.2) is 31.1 Å². The van der Waals surface area contributed by atoms with Crippen LogP contribution in [0.25, 0.3) is 0 Å². The molecule has 110 valence electrons. The summed E-state index contributed by atoms with van der Waals surface area (Å²) < 4.78 is 4.57. The lowest BCUT2D eigenvalue weighted by atomic mass is 9.98. The predicted molar refractivity (Wildman–Crippen MR) is 73.5 cm³/mol. The number of ether oxygens (including phenoxy) is 1. The molecule has 1 rings (SSSR count). The molecule has 1 aliphatic carbocycles. The molecule has 3 N–H and O–H groups in total. The van der Waals surface area contributed by atoms with Crippen molar-refractivity contribution in [3.05, 3.63) is 0 Å². The zero-order valence-electron chi connectivity index (χ0n) is 11.9. The molecule has 5 heteroatoms. The van der Waals surface area contributed by atoms with Gasteiger partial charge in [-0.15, -0.1) is 0 Å². The standard InChI is InChI=1S/C14H26N2O3/c1-19-12(17)8-4-2-3-7-11-16-13(18)14(15)9-5-6-10-14/h2-11,15H2,1H3,(H,16,18). The second-order valence-corrected chi connectivity index (χ2v) is 5.36. The van der Waals surface area contributed by atoms with Crippen LogP contribution >= 0.6 is 0 Å². The average Bonchev–Trinajstić information content (AvgIpc) is 2.85. The van der Waals surface area contributed by atoms with Gasteiger partial charge in [0.2, 0.25) is 5.91 Å². The lowest BCUT2D eigenvalue weighted by molar-refractivity contribution is -0.140. The second kappa shape index (κ2) is 8.15. The largest absolute Gasteiger partial charge is 0.469 e. The number of amides is 1. The Morgan fingerprint density at radius 3 is 2.42 bits per heavy atom. The molecule has 1 fully saturated rings. The molecule has 0 heterocycles. The molecule has 0 unspecified atom stereocenters. The zero-order valence-corrected chi connectivity index (χ0v) is 11.9. The van der Waals surface area contributed by atoms with Crippen LogP contribution in [0.4, 0.5) is 0 Å². The van der Waals surface area contributed by atoms with Gasteiger partial charge in [0.15, 0.2) is 0 Å². The molecule has 0 saturated heterocycles. The number of methoxy groups -OCH3 is 1. The van der Waals surface area contributed by atoms with E-state index in [1.807, 2.05) is 0 Å². The van der Waals surface area contributed by atoms with Gasteiger partial charge >= 0.3 is 5.97 Å². The van der Waals surface area contributed by atoms with Crippen LogP contribution in [0.15, 0.2) is 0 Å². The van der Waals surface area contributed by atoms with Gasteiger partial charge in [0.1, 0.15) is 0 Å². The summed E-state index contributed by atoms with van der Waals surface area (Å²) in [6, 6.07) is 0. The number of unbranched alkanes of at least 4 members (excludes halogenated alkanes) is 3. The number of esters is 1. The van der Waals surface area contributed by atoms with Crippen LogP contribution in [0.1, 0.15) is 57.8 Å². The smallest absolute Gasteiger partial charge is 0.305 e. The third kappa shape index (κ3) is 5.59. The number of hydrogen-bond donors (Lipinski definition) is 2. The first-order valence-electron chi connectivity index (χ1n) is 7.22. The minimum Gasteiger partial charge on any atom is -0.469 e. The summed E-state index contributed by atoms with van der Waals surface area (Å²) in [5, 5.41) is 2.92. The third-order valence-corrected chi connectivity index (χ3v) is 3.77. The highest BCUT2D eigenvalue weighted by Crippen LogP contribution is 2.27. The van der Waals surface area contributed by atoms with Gasteiger partial charge in [-0.3, -0.25) is 9.59 Å². The summed E-state index contributed by atoms with van der Waals surface area (Å²) in [5.41, 5.74) is 5.43. The summed E-state index contributed by atoms with van der Waals surface area (Å²) in [6.07, 6.45) is 7.97. The maximum Gasteiger partial charge on any atom is 0.305 e. The normalized spacial score (nSPS) is 17.2. The molecule has 0 bridgehead atoms. The van der Waals surface area contributed by atoms with Gasteiger partial charge in [0.25, 0.3) is 0 Å². The molecule has 0 aromatic rings. The van der Waals surface area contributed by atoms with Gasteiger partial charge < -0.3 is 15.8 Å². The van der Waals surface area contributed by atoms with Gasteiger partial charge in [0, 0.05) is 13.0 Å². The Labute approximate surface area is 115 Å². The van der Waals surface area contributed by atoms with Crippen molar-refractivity contribution in [3.63, 3.8) is 0 Å². The first kappa shape index (κ1) is 16.0. The topological polar surface area (TPSA) is 81.4 Å². The van der Waals surface area contributed by atoms with E-state index in [9.17, 15) is 9.59 Å². The number of nitrogens with two attached hydrogens (primary N) is 1. The maximum absolute atomic E-state index is 11.9. The van der Waals surface area contributed by atoms with Gasteiger partial charge in [-0.05, 0) is 25.7 Å². The fourth-order valence-corrected chi connectivity index (χ4v) is 2.46. The first-order chi connectivity index (χ1) is 9.08. The number of nitrogens with one attached hydrogen (secondary N) is 1. The summed E-state index contributed by atoms with van der Waals surface area (Å²) in [4.78, 5) is 22.8.